The van der Waals surface area contributed by atoms with Gasteiger partial charge in [-0.1, -0.05) is 6.92 Å². The number of methoxy groups -OCH3 is 2. The first-order chi connectivity index (χ1) is 11.5. The summed E-state index contributed by atoms with van der Waals surface area (Å²) in [5.74, 6) is -0.942. The van der Waals surface area contributed by atoms with E-state index in [0.717, 1.165) is 11.4 Å². The summed E-state index contributed by atoms with van der Waals surface area (Å²) in [5, 5.41) is 14.6. The van der Waals surface area contributed by atoms with Gasteiger partial charge in [0, 0.05) is 5.38 Å². The van der Waals surface area contributed by atoms with E-state index >= 15 is 0 Å². The fourth-order valence-corrected chi connectivity index (χ4v) is 2.88. The van der Waals surface area contributed by atoms with E-state index in [-0.39, 0.29) is 35.1 Å². The molecule has 1 heterocycles. The van der Waals surface area contributed by atoms with Crippen molar-refractivity contribution in [2.45, 2.75) is 19.8 Å². The van der Waals surface area contributed by atoms with Crippen LogP contribution in [0, 0.1) is 0 Å². The van der Waals surface area contributed by atoms with Crippen LogP contribution in [-0.4, -0.2) is 36.2 Å². The Hall–Kier alpha value is -2.61. The number of carboxylic acids is 1. The molecule has 0 aliphatic rings. The normalized spacial score (nSPS) is 10.3. The second kappa shape index (κ2) is 7.78. The van der Waals surface area contributed by atoms with Crippen molar-refractivity contribution in [1.29, 1.82) is 0 Å². The molecule has 0 unspecified atom stereocenters. The van der Waals surface area contributed by atoms with Gasteiger partial charge in [0.15, 0.2) is 11.5 Å². The third-order valence-electron chi connectivity index (χ3n) is 3.24. The molecule has 2 rings (SSSR count). The van der Waals surface area contributed by atoms with E-state index in [1.54, 1.807) is 0 Å². The molecule has 0 saturated heterocycles. The zero-order chi connectivity index (χ0) is 17.7. The van der Waals surface area contributed by atoms with Crippen LogP contribution in [0.5, 0.6) is 11.5 Å². The molecule has 0 radical (unpaired) electrons. The lowest BCUT2D eigenvalue weighted by molar-refractivity contribution is -0.115. The van der Waals surface area contributed by atoms with E-state index in [0.29, 0.717) is 5.69 Å². The lowest BCUT2D eigenvalue weighted by Gasteiger charge is -2.14. The molecule has 0 spiro atoms. The van der Waals surface area contributed by atoms with Crippen molar-refractivity contribution in [1.82, 2.24) is 4.98 Å². The minimum Gasteiger partial charge on any atom is -0.493 e. The molecule has 0 bridgehead atoms. The predicted octanol–water partition coefficient (Wildman–Crippen LogP) is 2.60. The first kappa shape index (κ1) is 17.7. The average Bonchev–Trinajstić information content (AvgIpc) is 3.01. The van der Waals surface area contributed by atoms with Crippen molar-refractivity contribution >= 4 is 28.9 Å². The summed E-state index contributed by atoms with van der Waals surface area (Å²) in [6.07, 6.45) is 0.914. The molecule has 2 N–H and O–H groups in total. The van der Waals surface area contributed by atoms with Crippen molar-refractivity contribution < 1.29 is 24.2 Å². The number of aryl methyl sites for hydroxylation is 1. The number of nitrogens with zero attached hydrogens (tertiary/aromatic N) is 1. The smallest absolute Gasteiger partial charge is 0.335 e. The molecule has 1 aromatic carbocycles. The number of anilines is 1. The highest BCUT2D eigenvalue weighted by Gasteiger charge is 2.18. The van der Waals surface area contributed by atoms with Crippen LogP contribution in [0.25, 0.3) is 0 Å². The molecule has 1 amide bonds. The van der Waals surface area contributed by atoms with Crippen molar-refractivity contribution in [2.24, 2.45) is 0 Å². The summed E-state index contributed by atoms with van der Waals surface area (Å²) in [4.78, 5) is 27.8. The van der Waals surface area contributed by atoms with Gasteiger partial charge in [0.05, 0.1) is 42.6 Å². The number of rotatable bonds is 7. The van der Waals surface area contributed by atoms with Gasteiger partial charge in [0.1, 0.15) is 0 Å². The number of thiazole rings is 1. The maximum Gasteiger partial charge on any atom is 0.335 e. The maximum atomic E-state index is 12.2. The second-order valence-corrected chi connectivity index (χ2v) is 5.82. The first-order valence-electron chi connectivity index (χ1n) is 7.20. The molecule has 0 aliphatic heterocycles. The lowest BCUT2D eigenvalue weighted by Crippen LogP contribution is -2.16. The number of carbonyl (C=O) groups is 2. The maximum absolute atomic E-state index is 12.2. The summed E-state index contributed by atoms with van der Waals surface area (Å²) in [5.41, 5.74) is 0.907. The van der Waals surface area contributed by atoms with Crippen molar-refractivity contribution in [2.75, 3.05) is 19.5 Å². The van der Waals surface area contributed by atoms with Crippen molar-refractivity contribution in [3.05, 3.63) is 33.8 Å². The highest BCUT2D eigenvalue weighted by atomic mass is 32.1. The molecule has 1 aromatic heterocycles. The summed E-state index contributed by atoms with van der Waals surface area (Å²) in [7, 11) is 2.82. The number of nitrogens with one attached hydrogen (secondary N) is 1. The SMILES string of the molecule is CCc1nc(CC(=O)Nc2cc(C(=O)O)cc(OC)c2OC)cs1. The van der Waals surface area contributed by atoms with Crippen LogP contribution in [-0.2, 0) is 17.6 Å². The van der Waals surface area contributed by atoms with Gasteiger partial charge in [-0.25, -0.2) is 9.78 Å². The number of ether oxygens (including phenoxy) is 2. The largest absolute Gasteiger partial charge is 0.493 e. The Morgan fingerprint density at radius 1 is 1.29 bits per heavy atom. The third-order valence-corrected chi connectivity index (χ3v) is 4.29. The van der Waals surface area contributed by atoms with Gasteiger partial charge < -0.3 is 19.9 Å². The number of aromatic nitrogens is 1. The molecular weight excluding hydrogens is 332 g/mol. The summed E-state index contributed by atoms with van der Waals surface area (Å²) in [6, 6.07) is 2.67. The Morgan fingerprint density at radius 2 is 2.04 bits per heavy atom. The number of carboxylic acid groups (broad SMARTS) is 1. The number of benzene rings is 1. The van der Waals surface area contributed by atoms with Crippen LogP contribution in [0.1, 0.15) is 28.0 Å². The van der Waals surface area contributed by atoms with Crippen LogP contribution in [0.4, 0.5) is 5.69 Å². The number of hydrogen-bond acceptors (Lipinski definition) is 6. The third kappa shape index (κ3) is 4.02. The monoisotopic (exact) mass is 350 g/mol. The fourth-order valence-electron chi connectivity index (χ4n) is 2.13. The topological polar surface area (TPSA) is 97.8 Å². The van der Waals surface area contributed by atoms with Crippen LogP contribution in [0.15, 0.2) is 17.5 Å². The van der Waals surface area contributed by atoms with E-state index < -0.39 is 5.97 Å². The number of hydrogen-bond donors (Lipinski definition) is 2. The standard InChI is InChI=1S/C16H18N2O5S/c1-4-14-17-10(8-24-14)7-13(19)18-11-5-9(16(20)21)6-12(22-2)15(11)23-3/h5-6,8H,4,7H2,1-3H3,(H,18,19)(H,20,21). The van der Waals surface area contributed by atoms with Gasteiger partial charge in [-0.05, 0) is 18.6 Å². The summed E-state index contributed by atoms with van der Waals surface area (Å²) >= 11 is 1.50. The highest BCUT2D eigenvalue weighted by Crippen LogP contribution is 2.36. The Bertz CT molecular complexity index is 757. The number of carbonyl (C=O) groups excluding carboxylic acids is 1. The molecule has 24 heavy (non-hydrogen) atoms. The van der Waals surface area contributed by atoms with E-state index in [1.807, 2.05) is 12.3 Å². The molecule has 8 heteroatoms. The molecule has 0 atom stereocenters. The Kier molecular flexibility index (Phi) is 5.75. The zero-order valence-corrected chi connectivity index (χ0v) is 14.4. The highest BCUT2D eigenvalue weighted by molar-refractivity contribution is 7.09. The van der Waals surface area contributed by atoms with Gasteiger partial charge in [-0.2, -0.15) is 0 Å². The van der Waals surface area contributed by atoms with Gasteiger partial charge in [0.2, 0.25) is 5.91 Å². The Balaban J connectivity index is 2.24. The van der Waals surface area contributed by atoms with Gasteiger partial charge in [0.25, 0.3) is 0 Å². The molecule has 0 saturated carbocycles. The molecule has 7 nitrogen and oxygen atoms in total. The van der Waals surface area contributed by atoms with Gasteiger partial charge in [-0.15, -0.1) is 11.3 Å². The van der Waals surface area contributed by atoms with Crippen LogP contribution < -0.4 is 14.8 Å². The minimum absolute atomic E-state index is 0.00937. The summed E-state index contributed by atoms with van der Waals surface area (Å²) < 4.78 is 10.4. The van der Waals surface area contributed by atoms with E-state index in [9.17, 15) is 14.7 Å². The zero-order valence-electron chi connectivity index (χ0n) is 13.6. The summed E-state index contributed by atoms with van der Waals surface area (Å²) in [6.45, 7) is 2.00. The van der Waals surface area contributed by atoms with Crippen LogP contribution >= 0.6 is 11.3 Å². The van der Waals surface area contributed by atoms with Gasteiger partial charge >= 0.3 is 5.97 Å². The van der Waals surface area contributed by atoms with E-state index in [1.165, 1.54) is 37.7 Å². The van der Waals surface area contributed by atoms with Crippen molar-refractivity contribution in [3.63, 3.8) is 0 Å². The lowest BCUT2D eigenvalue weighted by atomic mass is 10.1. The van der Waals surface area contributed by atoms with Crippen molar-refractivity contribution in [3.8, 4) is 11.5 Å². The fraction of sp³-hybridized carbons (Fsp3) is 0.312. The minimum atomic E-state index is -1.13. The van der Waals surface area contributed by atoms with E-state index in [2.05, 4.69) is 10.3 Å². The molecule has 2 aromatic rings. The second-order valence-electron chi connectivity index (χ2n) is 4.88. The molecule has 0 fully saturated rings. The molecule has 0 aliphatic carbocycles. The molecular formula is C16H18N2O5S. The molecule has 128 valence electrons. The Morgan fingerprint density at radius 3 is 2.58 bits per heavy atom. The predicted molar refractivity (Wildman–Crippen MR) is 90.3 cm³/mol. The number of aromatic carboxylic acids is 1. The van der Waals surface area contributed by atoms with Crippen LogP contribution in [0.3, 0.4) is 0 Å². The number of amides is 1. The van der Waals surface area contributed by atoms with Crippen LogP contribution in [0.2, 0.25) is 0 Å². The Labute approximate surface area is 143 Å². The average molecular weight is 350 g/mol. The van der Waals surface area contributed by atoms with E-state index in [4.69, 9.17) is 9.47 Å². The van der Waals surface area contributed by atoms with Gasteiger partial charge in [-0.3, -0.25) is 4.79 Å². The first-order valence-corrected chi connectivity index (χ1v) is 8.08. The quantitative estimate of drug-likeness (QED) is 0.796.